The molecule has 1 amide bonds. The maximum atomic E-state index is 12.7. The monoisotopic (exact) mass is 450 g/mol. The molecule has 0 saturated carbocycles. The number of rotatable bonds is 5. The van der Waals surface area contributed by atoms with Crippen molar-refractivity contribution >= 4 is 34.6 Å². The molecule has 5 nitrogen and oxygen atoms in total. The Morgan fingerprint density at radius 2 is 1.76 bits per heavy atom. The average Bonchev–Trinajstić information content (AvgIpc) is 3.38. The molecule has 1 aromatic heterocycles. The smallest absolute Gasteiger partial charge is 0.264 e. The van der Waals surface area contributed by atoms with Crippen LogP contribution in [0.5, 0.6) is 0 Å². The molecule has 1 saturated heterocycles. The predicted octanol–water partition coefficient (Wildman–Crippen LogP) is 5.80. The molecular weight excluding hydrogens is 428 g/mol. The summed E-state index contributed by atoms with van der Waals surface area (Å²) in [4.78, 5) is 17.8. The number of nitrogens with one attached hydrogen (secondary N) is 1. The van der Waals surface area contributed by atoms with E-state index >= 15 is 0 Å². The van der Waals surface area contributed by atoms with E-state index in [0.717, 1.165) is 28.1 Å². The van der Waals surface area contributed by atoms with Crippen molar-refractivity contribution in [1.82, 2.24) is 15.1 Å². The Kier molecular flexibility index (Phi) is 5.91. The number of carbonyl (C=O) groups is 1. The Labute approximate surface area is 196 Å². The molecule has 1 aliphatic heterocycles. The molecule has 0 aliphatic carbocycles. The van der Waals surface area contributed by atoms with Gasteiger partial charge in [0.25, 0.3) is 5.91 Å². The molecule has 0 unspecified atom stereocenters. The van der Waals surface area contributed by atoms with Crippen LogP contribution in [0, 0.1) is 6.92 Å². The highest BCUT2D eigenvalue weighted by Crippen LogP contribution is 2.31. The van der Waals surface area contributed by atoms with Gasteiger partial charge in [0, 0.05) is 17.3 Å². The van der Waals surface area contributed by atoms with Gasteiger partial charge in [-0.05, 0) is 48.5 Å². The number of amides is 1. The van der Waals surface area contributed by atoms with Crippen LogP contribution in [0.15, 0.2) is 101 Å². The van der Waals surface area contributed by atoms with E-state index < -0.39 is 0 Å². The molecule has 0 bridgehead atoms. The van der Waals surface area contributed by atoms with Crippen LogP contribution >= 0.6 is 11.8 Å². The molecule has 33 heavy (non-hydrogen) atoms. The van der Waals surface area contributed by atoms with Crippen molar-refractivity contribution in [3.63, 3.8) is 0 Å². The van der Waals surface area contributed by atoms with Crippen LogP contribution in [0.2, 0.25) is 0 Å². The molecule has 6 heteroatoms. The minimum Gasteiger partial charge on any atom is -0.300 e. The van der Waals surface area contributed by atoms with Gasteiger partial charge in [-0.1, -0.05) is 72.3 Å². The molecule has 162 valence electrons. The molecule has 1 aliphatic rings. The van der Waals surface area contributed by atoms with Gasteiger partial charge >= 0.3 is 0 Å². The van der Waals surface area contributed by atoms with Crippen molar-refractivity contribution in [2.24, 2.45) is 4.99 Å². The Morgan fingerprint density at radius 1 is 1.00 bits per heavy atom. The lowest BCUT2D eigenvalue weighted by Crippen LogP contribution is -2.19. The number of carbonyl (C=O) groups excluding carboxylic acids is 1. The lowest BCUT2D eigenvalue weighted by atomic mass is 10.1. The van der Waals surface area contributed by atoms with E-state index in [9.17, 15) is 4.79 Å². The van der Waals surface area contributed by atoms with Crippen molar-refractivity contribution in [2.45, 2.75) is 13.5 Å². The van der Waals surface area contributed by atoms with Crippen LogP contribution in [0.3, 0.4) is 0 Å². The second kappa shape index (κ2) is 9.30. The number of hydrogen-bond acceptors (Lipinski definition) is 4. The van der Waals surface area contributed by atoms with Crippen LogP contribution in [0.25, 0.3) is 17.3 Å². The zero-order valence-corrected chi connectivity index (χ0v) is 18.9. The van der Waals surface area contributed by atoms with E-state index in [0.29, 0.717) is 16.6 Å². The third-order valence-electron chi connectivity index (χ3n) is 5.19. The lowest BCUT2D eigenvalue weighted by molar-refractivity contribution is -0.115. The van der Waals surface area contributed by atoms with Crippen molar-refractivity contribution in [3.8, 4) is 11.3 Å². The predicted molar refractivity (Wildman–Crippen MR) is 135 cm³/mol. The second-order valence-electron chi connectivity index (χ2n) is 7.80. The molecule has 3 aromatic carbocycles. The first-order valence-electron chi connectivity index (χ1n) is 10.7. The topological polar surface area (TPSA) is 59.3 Å². The summed E-state index contributed by atoms with van der Waals surface area (Å²) in [7, 11) is 0. The van der Waals surface area contributed by atoms with E-state index in [1.807, 2.05) is 77.6 Å². The first-order chi connectivity index (χ1) is 16.1. The summed E-state index contributed by atoms with van der Waals surface area (Å²) in [5.74, 6) is -0.152. The van der Waals surface area contributed by atoms with Gasteiger partial charge in [0.15, 0.2) is 5.17 Å². The second-order valence-corrected chi connectivity index (χ2v) is 8.83. The van der Waals surface area contributed by atoms with Gasteiger partial charge in [-0.2, -0.15) is 5.10 Å². The van der Waals surface area contributed by atoms with Crippen LogP contribution in [-0.4, -0.2) is 20.9 Å². The van der Waals surface area contributed by atoms with Crippen molar-refractivity contribution in [1.29, 1.82) is 0 Å². The first kappa shape index (κ1) is 21.0. The maximum Gasteiger partial charge on any atom is 0.264 e. The van der Waals surface area contributed by atoms with E-state index in [2.05, 4.69) is 41.5 Å². The minimum absolute atomic E-state index is 0.152. The molecule has 5 rings (SSSR count). The number of benzene rings is 3. The zero-order valence-electron chi connectivity index (χ0n) is 18.1. The lowest BCUT2D eigenvalue weighted by Gasteiger charge is -2.02. The van der Waals surface area contributed by atoms with Gasteiger partial charge in [0.05, 0.1) is 22.8 Å². The third kappa shape index (κ3) is 4.96. The van der Waals surface area contributed by atoms with Crippen molar-refractivity contribution in [3.05, 3.63) is 113 Å². The van der Waals surface area contributed by atoms with Gasteiger partial charge < -0.3 is 5.32 Å². The fourth-order valence-corrected chi connectivity index (χ4v) is 4.48. The number of nitrogens with zero attached hydrogens (tertiary/aromatic N) is 3. The molecule has 4 aromatic rings. The Morgan fingerprint density at radius 3 is 2.52 bits per heavy atom. The standard InChI is InChI=1S/C27H22N4OS/c1-19-9-8-12-21(15-19)25-22(18-31(30-25)17-20-10-4-2-5-11-20)16-24-26(32)29-27(33-24)28-23-13-6-3-7-14-23/h2-16,18H,17H2,1H3,(H,28,29,32)/b24-16+. The third-order valence-corrected chi connectivity index (χ3v) is 6.10. The Balaban J connectivity index is 1.50. The number of hydrogen-bond donors (Lipinski definition) is 1. The summed E-state index contributed by atoms with van der Waals surface area (Å²) in [6, 6.07) is 28.1. The van der Waals surface area contributed by atoms with E-state index in [-0.39, 0.29) is 5.91 Å². The van der Waals surface area contributed by atoms with E-state index in [4.69, 9.17) is 5.10 Å². The van der Waals surface area contributed by atoms with E-state index in [1.54, 1.807) is 0 Å². The Hall–Kier alpha value is -3.90. The number of aryl methyl sites for hydroxylation is 1. The number of thioether (sulfide) groups is 1. The van der Waals surface area contributed by atoms with Crippen molar-refractivity contribution < 1.29 is 4.79 Å². The summed E-state index contributed by atoms with van der Waals surface area (Å²) in [6.45, 7) is 2.72. The molecule has 1 N–H and O–H groups in total. The first-order valence-corrected chi connectivity index (χ1v) is 11.5. The van der Waals surface area contributed by atoms with Crippen LogP contribution in [-0.2, 0) is 11.3 Å². The normalized spacial score (nSPS) is 15.8. The summed E-state index contributed by atoms with van der Waals surface area (Å²) >= 11 is 1.34. The van der Waals surface area contributed by atoms with Gasteiger partial charge in [-0.25, -0.2) is 4.99 Å². The summed E-state index contributed by atoms with van der Waals surface area (Å²) < 4.78 is 1.93. The maximum absolute atomic E-state index is 12.7. The molecule has 0 spiro atoms. The summed E-state index contributed by atoms with van der Waals surface area (Å²) in [5, 5.41) is 8.31. The molecule has 2 heterocycles. The minimum atomic E-state index is -0.152. The summed E-state index contributed by atoms with van der Waals surface area (Å²) in [5.41, 5.74) is 5.90. The number of aromatic nitrogens is 2. The molecule has 0 atom stereocenters. The SMILES string of the molecule is Cc1cccc(-c2nn(Cc3ccccc3)cc2/C=C2/SC(=Nc3ccccc3)NC2=O)c1. The zero-order chi connectivity index (χ0) is 22.6. The van der Waals surface area contributed by atoms with Crippen LogP contribution < -0.4 is 5.32 Å². The van der Waals surface area contributed by atoms with Gasteiger partial charge in [0.2, 0.25) is 0 Å². The van der Waals surface area contributed by atoms with Crippen molar-refractivity contribution in [2.75, 3.05) is 0 Å². The number of aliphatic imine (C=N–C) groups is 1. The molecular formula is C27H22N4OS. The van der Waals surface area contributed by atoms with E-state index in [1.165, 1.54) is 17.3 Å². The summed E-state index contributed by atoms with van der Waals surface area (Å²) in [6.07, 6.45) is 3.90. The Bertz CT molecular complexity index is 1360. The highest BCUT2D eigenvalue weighted by molar-refractivity contribution is 8.18. The van der Waals surface area contributed by atoms with Crippen LogP contribution in [0.1, 0.15) is 16.7 Å². The highest BCUT2D eigenvalue weighted by Gasteiger charge is 2.25. The van der Waals surface area contributed by atoms with Gasteiger partial charge in [-0.3, -0.25) is 9.48 Å². The highest BCUT2D eigenvalue weighted by atomic mass is 32.2. The number of amidine groups is 1. The average molecular weight is 451 g/mol. The van der Waals surface area contributed by atoms with Crippen LogP contribution in [0.4, 0.5) is 5.69 Å². The largest absolute Gasteiger partial charge is 0.300 e. The molecule has 0 radical (unpaired) electrons. The fraction of sp³-hybridized carbons (Fsp3) is 0.0741. The quantitative estimate of drug-likeness (QED) is 0.391. The van der Waals surface area contributed by atoms with Gasteiger partial charge in [-0.15, -0.1) is 0 Å². The number of para-hydroxylation sites is 1. The fourth-order valence-electron chi connectivity index (χ4n) is 3.65. The molecule has 1 fully saturated rings. The van der Waals surface area contributed by atoms with Gasteiger partial charge in [0.1, 0.15) is 0 Å².